The van der Waals surface area contributed by atoms with Gasteiger partial charge in [-0.3, -0.25) is 0 Å². The molecule has 0 fully saturated rings. The minimum Gasteiger partial charge on any atom is -0.425 e. The molecule has 3 aromatic rings. The molecular formula is C26H31NO6S. The van der Waals surface area contributed by atoms with Gasteiger partial charge in [-0.25, -0.2) is 18.0 Å². The van der Waals surface area contributed by atoms with E-state index in [1.807, 2.05) is 20.8 Å². The fourth-order valence-electron chi connectivity index (χ4n) is 3.67. The first-order valence-corrected chi connectivity index (χ1v) is 12.9. The molecule has 182 valence electrons. The van der Waals surface area contributed by atoms with Crippen molar-refractivity contribution in [2.75, 3.05) is 0 Å². The molecule has 34 heavy (non-hydrogen) atoms. The summed E-state index contributed by atoms with van der Waals surface area (Å²) < 4.78 is 39.0. The summed E-state index contributed by atoms with van der Waals surface area (Å²) in [6.07, 6.45) is 2.93. The molecule has 0 aliphatic rings. The maximum Gasteiger partial charge on any atom is 0.336 e. The first-order chi connectivity index (χ1) is 16.1. The van der Waals surface area contributed by atoms with Crippen molar-refractivity contribution in [3.8, 4) is 5.75 Å². The van der Waals surface area contributed by atoms with E-state index in [9.17, 15) is 18.0 Å². The molecule has 1 heterocycles. The lowest BCUT2D eigenvalue weighted by molar-refractivity contribution is -0.136. The van der Waals surface area contributed by atoms with Crippen LogP contribution in [-0.4, -0.2) is 20.4 Å². The van der Waals surface area contributed by atoms with Crippen molar-refractivity contribution in [3.05, 3.63) is 70.1 Å². The molecule has 0 aliphatic carbocycles. The smallest absolute Gasteiger partial charge is 0.336 e. The van der Waals surface area contributed by atoms with Gasteiger partial charge in [0.1, 0.15) is 17.4 Å². The second-order valence-corrected chi connectivity index (χ2v) is 10.6. The van der Waals surface area contributed by atoms with Crippen LogP contribution in [0.1, 0.15) is 51.2 Å². The zero-order valence-corrected chi connectivity index (χ0v) is 20.8. The van der Waals surface area contributed by atoms with Crippen LogP contribution in [0.15, 0.2) is 62.6 Å². The van der Waals surface area contributed by atoms with E-state index in [1.54, 1.807) is 24.3 Å². The van der Waals surface area contributed by atoms with E-state index in [0.29, 0.717) is 5.58 Å². The lowest BCUT2D eigenvalue weighted by atomic mass is 10.0. The molecule has 0 radical (unpaired) electrons. The minimum atomic E-state index is -3.92. The number of benzene rings is 2. The van der Waals surface area contributed by atoms with Crippen LogP contribution in [0.2, 0.25) is 0 Å². The third-order valence-corrected chi connectivity index (χ3v) is 6.93. The van der Waals surface area contributed by atoms with Crippen LogP contribution in [0, 0.1) is 12.8 Å². The molecule has 1 unspecified atom stereocenters. The van der Waals surface area contributed by atoms with Gasteiger partial charge in [0, 0.05) is 17.5 Å². The Morgan fingerprint density at radius 2 is 1.79 bits per heavy atom. The number of esters is 1. The van der Waals surface area contributed by atoms with E-state index in [-0.39, 0.29) is 23.0 Å². The highest BCUT2D eigenvalue weighted by atomic mass is 32.2. The molecule has 0 saturated carbocycles. The van der Waals surface area contributed by atoms with Gasteiger partial charge in [-0.1, -0.05) is 44.9 Å². The maximum atomic E-state index is 13.0. The van der Waals surface area contributed by atoms with E-state index in [4.69, 9.17) is 9.15 Å². The Bertz CT molecular complexity index is 1310. The van der Waals surface area contributed by atoms with Crippen LogP contribution in [0.4, 0.5) is 0 Å². The van der Waals surface area contributed by atoms with Gasteiger partial charge < -0.3 is 9.15 Å². The van der Waals surface area contributed by atoms with E-state index in [0.717, 1.165) is 35.8 Å². The summed E-state index contributed by atoms with van der Waals surface area (Å²) in [7, 11) is -3.92. The molecular weight excluding hydrogens is 454 g/mol. The van der Waals surface area contributed by atoms with Crippen LogP contribution in [0.25, 0.3) is 11.0 Å². The Kier molecular flexibility index (Phi) is 8.28. The Hall–Kier alpha value is -2.97. The van der Waals surface area contributed by atoms with E-state index in [2.05, 4.69) is 11.6 Å². The van der Waals surface area contributed by atoms with Crippen LogP contribution in [0.3, 0.4) is 0 Å². The number of fused-ring (bicyclic) bond motifs is 1. The lowest BCUT2D eigenvalue weighted by Gasteiger charge is -2.19. The molecule has 0 amide bonds. The van der Waals surface area contributed by atoms with Gasteiger partial charge in [-0.15, -0.1) is 0 Å². The Balaban J connectivity index is 1.85. The summed E-state index contributed by atoms with van der Waals surface area (Å²) in [5.41, 5.74) is 1.67. The van der Waals surface area contributed by atoms with Gasteiger partial charge in [0.15, 0.2) is 0 Å². The van der Waals surface area contributed by atoms with Crippen molar-refractivity contribution in [3.63, 3.8) is 0 Å². The van der Waals surface area contributed by atoms with E-state index < -0.39 is 27.7 Å². The quantitative estimate of drug-likeness (QED) is 0.253. The fourth-order valence-corrected chi connectivity index (χ4v) is 4.87. The van der Waals surface area contributed by atoms with Gasteiger partial charge in [-0.2, -0.15) is 4.72 Å². The fraction of sp³-hybridized carbons (Fsp3) is 0.385. The molecule has 3 rings (SSSR count). The summed E-state index contributed by atoms with van der Waals surface area (Å²) in [6.45, 7) is 7.72. The average molecular weight is 486 g/mol. The second-order valence-electron chi connectivity index (χ2n) is 8.89. The molecule has 1 N–H and O–H groups in total. The van der Waals surface area contributed by atoms with E-state index in [1.165, 1.54) is 24.3 Å². The van der Waals surface area contributed by atoms with Gasteiger partial charge in [-0.05, 0) is 61.9 Å². The number of unbranched alkanes of at least 4 members (excludes halogenated alkanes) is 1. The molecule has 7 nitrogen and oxygen atoms in total. The average Bonchev–Trinajstić information content (AvgIpc) is 2.76. The molecule has 1 atom stereocenters. The van der Waals surface area contributed by atoms with Crippen LogP contribution in [-0.2, 0) is 21.2 Å². The number of ether oxygens (including phenoxy) is 1. The number of rotatable bonds is 10. The van der Waals surface area contributed by atoms with Gasteiger partial charge in [0.2, 0.25) is 10.0 Å². The molecule has 2 aromatic carbocycles. The molecule has 1 aromatic heterocycles. The van der Waals surface area contributed by atoms with Crippen LogP contribution in [0.5, 0.6) is 5.75 Å². The third-order valence-electron chi connectivity index (χ3n) is 5.44. The van der Waals surface area contributed by atoms with Crippen molar-refractivity contribution < 1.29 is 22.4 Å². The number of nitrogens with one attached hydrogen (secondary N) is 1. The van der Waals surface area contributed by atoms with Crippen molar-refractivity contribution in [1.29, 1.82) is 0 Å². The normalized spacial score (nSPS) is 12.7. The minimum absolute atomic E-state index is 0.0361. The summed E-state index contributed by atoms with van der Waals surface area (Å²) in [4.78, 5) is 25.0. The van der Waals surface area contributed by atoms with Crippen molar-refractivity contribution in [2.45, 2.75) is 64.3 Å². The number of sulfonamides is 1. The summed E-state index contributed by atoms with van der Waals surface area (Å²) in [6, 6.07) is 11.7. The molecule has 0 bridgehead atoms. The molecule has 0 aliphatic heterocycles. The maximum absolute atomic E-state index is 13.0. The summed E-state index contributed by atoms with van der Waals surface area (Å²) >= 11 is 0. The van der Waals surface area contributed by atoms with Crippen molar-refractivity contribution in [1.82, 2.24) is 4.72 Å². The predicted molar refractivity (Wildman–Crippen MR) is 131 cm³/mol. The number of hydrogen-bond acceptors (Lipinski definition) is 6. The van der Waals surface area contributed by atoms with Gasteiger partial charge in [0.05, 0.1) is 4.90 Å². The monoisotopic (exact) mass is 485 g/mol. The molecule has 0 saturated heterocycles. The predicted octanol–water partition coefficient (Wildman–Crippen LogP) is 4.74. The zero-order chi connectivity index (χ0) is 24.9. The van der Waals surface area contributed by atoms with Crippen molar-refractivity contribution >= 4 is 27.0 Å². The topological polar surface area (TPSA) is 103 Å². The number of carbonyl (C=O) groups excluding carboxylic acids is 1. The highest BCUT2D eigenvalue weighted by molar-refractivity contribution is 7.89. The summed E-state index contributed by atoms with van der Waals surface area (Å²) in [5, 5.41) is 0.784. The third kappa shape index (κ3) is 6.55. The first kappa shape index (κ1) is 25.6. The van der Waals surface area contributed by atoms with Gasteiger partial charge in [0.25, 0.3) is 0 Å². The largest absolute Gasteiger partial charge is 0.425 e. The van der Waals surface area contributed by atoms with E-state index >= 15 is 0 Å². The SMILES string of the molecule is CCCCc1cc(=O)oc2cc(OC(=O)C(CC(C)C)NS(=O)(=O)c3ccc(C)cc3)ccc12. The number of aryl methyl sites for hydroxylation is 2. The Labute approximate surface area is 200 Å². The van der Waals surface area contributed by atoms with Crippen LogP contribution < -0.4 is 15.1 Å². The lowest BCUT2D eigenvalue weighted by Crippen LogP contribution is -2.43. The first-order valence-electron chi connectivity index (χ1n) is 11.5. The number of hydrogen-bond donors (Lipinski definition) is 1. The zero-order valence-electron chi connectivity index (χ0n) is 20.0. The highest BCUT2D eigenvalue weighted by Crippen LogP contribution is 2.25. The second kappa shape index (κ2) is 11.0. The number of carbonyl (C=O) groups is 1. The summed E-state index contributed by atoms with van der Waals surface area (Å²) in [5.74, 6) is -0.515. The molecule has 8 heteroatoms. The van der Waals surface area contributed by atoms with Crippen LogP contribution >= 0.6 is 0 Å². The highest BCUT2D eigenvalue weighted by Gasteiger charge is 2.28. The standard InChI is InChI=1S/C26H31NO6S/c1-5-6-7-19-15-25(28)33-24-16-20(10-13-22(19)24)32-26(29)23(14-17(2)3)27-34(30,31)21-11-8-18(4)9-12-21/h8-13,15-17,23,27H,5-7,14H2,1-4H3. The van der Waals surface area contributed by atoms with Gasteiger partial charge >= 0.3 is 11.6 Å². The Morgan fingerprint density at radius 3 is 2.44 bits per heavy atom. The molecule has 0 spiro atoms. The Morgan fingerprint density at radius 1 is 1.09 bits per heavy atom. The van der Waals surface area contributed by atoms with Crippen molar-refractivity contribution in [2.24, 2.45) is 5.92 Å².